The van der Waals surface area contributed by atoms with E-state index in [4.69, 9.17) is 14.2 Å². The molecule has 2 aliphatic heterocycles. The van der Waals surface area contributed by atoms with Gasteiger partial charge in [0.05, 0.1) is 0 Å². The van der Waals surface area contributed by atoms with Gasteiger partial charge < -0.3 is 24.8 Å². The Labute approximate surface area is 195 Å². The largest absolute Gasteiger partial charge is 0.454 e. The highest BCUT2D eigenvalue weighted by Crippen LogP contribution is 2.40. The fourth-order valence-corrected chi connectivity index (χ4v) is 4.02. The number of guanidine groups is 1. The maximum absolute atomic E-state index is 5.66. The fourth-order valence-electron chi connectivity index (χ4n) is 4.02. The lowest BCUT2D eigenvalue weighted by molar-refractivity contribution is 0.0513. The van der Waals surface area contributed by atoms with Crippen molar-refractivity contribution >= 4 is 29.9 Å². The summed E-state index contributed by atoms with van der Waals surface area (Å²) in [4.78, 5) is 4.42. The lowest BCUT2D eigenvalue weighted by Crippen LogP contribution is -2.48. The minimum atomic E-state index is -0.0283. The first kappa shape index (κ1) is 22.7. The van der Waals surface area contributed by atoms with E-state index in [1.54, 1.807) is 0 Å². The van der Waals surface area contributed by atoms with Crippen LogP contribution in [0.15, 0.2) is 47.5 Å². The van der Waals surface area contributed by atoms with Crippen LogP contribution in [0.4, 0.5) is 0 Å². The minimum absolute atomic E-state index is 0. The lowest BCUT2D eigenvalue weighted by atomic mass is 9.74. The Morgan fingerprint density at radius 2 is 1.80 bits per heavy atom. The van der Waals surface area contributed by atoms with E-state index in [0.29, 0.717) is 6.79 Å². The highest BCUT2D eigenvalue weighted by Gasteiger charge is 2.35. The number of nitrogens with one attached hydrogen (secondary N) is 2. The van der Waals surface area contributed by atoms with Gasteiger partial charge in [-0.25, -0.2) is 0 Å². The summed E-state index contributed by atoms with van der Waals surface area (Å²) >= 11 is 0. The zero-order valence-electron chi connectivity index (χ0n) is 17.6. The molecule has 0 unspecified atom stereocenters. The zero-order chi connectivity index (χ0) is 20.1. The Hall–Kier alpha value is -2.00. The standard InChI is InChI=1S/C23H29N3O3.HI/c1-17-5-3-4-6-18(17)14-25-22(24-2)26-15-23(9-11-27-12-10-23)19-7-8-20-21(13-19)29-16-28-20;/h3-8,13H,9-12,14-16H2,1-2H3,(H2,24,25,26);1H. The molecule has 6 nitrogen and oxygen atoms in total. The molecule has 30 heavy (non-hydrogen) atoms. The fraction of sp³-hybridized carbons (Fsp3) is 0.435. The molecule has 0 atom stereocenters. The van der Waals surface area contributed by atoms with E-state index in [9.17, 15) is 0 Å². The summed E-state index contributed by atoms with van der Waals surface area (Å²) in [6, 6.07) is 14.7. The van der Waals surface area contributed by atoms with E-state index in [1.807, 2.05) is 13.1 Å². The third-order valence-electron chi connectivity index (χ3n) is 5.96. The van der Waals surface area contributed by atoms with Crippen LogP contribution in [0.1, 0.15) is 29.5 Å². The van der Waals surface area contributed by atoms with Gasteiger partial charge in [-0.2, -0.15) is 0 Å². The summed E-state index contributed by atoms with van der Waals surface area (Å²) in [5.41, 5.74) is 3.77. The van der Waals surface area contributed by atoms with Crippen LogP contribution in [0.5, 0.6) is 11.5 Å². The van der Waals surface area contributed by atoms with Gasteiger partial charge in [-0.05, 0) is 48.6 Å². The van der Waals surface area contributed by atoms with Gasteiger partial charge in [-0.15, -0.1) is 24.0 Å². The Bertz CT molecular complexity index is 882. The minimum Gasteiger partial charge on any atom is -0.454 e. The first-order valence-electron chi connectivity index (χ1n) is 10.2. The van der Waals surface area contributed by atoms with Crippen LogP contribution in [0.25, 0.3) is 0 Å². The number of halogens is 1. The number of fused-ring (bicyclic) bond motifs is 1. The van der Waals surface area contributed by atoms with Crippen LogP contribution in [0.3, 0.4) is 0 Å². The molecule has 0 aromatic heterocycles. The smallest absolute Gasteiger partial charge is 0.231 e. The van der Waals surface area contributed by atoms with Crippen LogP contribution < -0.4 is 20.1 Å². The number of hydrogen-bond donors (Lipinski definition) is 2. The maximum Gasteiger partial charge on any atom is 0.231 e. The molecular weight excluding hydrogens is 493 g/mol. The molecule has 2 heterocycles. The number of rotatable bonds is 5. The average molecular weight is 523 g/mol. The summed E-state index contributed by atoms with van der Waals surface area (Å²) < 4.78 is 16.8. The second kappa shape index (κ2) is 10.3. The van der Waals surface area contributed by atoms with Crippen molar-refractivity contribution in [2.24, 2.45) is 4.99 Å². The molecule has 0 aliphatic carbocycles. The normalized spacial score (nSPS) is 17.2. The Morgan fingerprint density at radius 1 is 1.03 bits per heavy atom. The highest BCUT2D eigenvalue weighted by atomic mass is 127. The molecule has 162 valence electrons. The van der Waals surface area contributed by atoms with Crippen molar-refractivity contribution < 1.29 is 14.2 Å². The molecule has 2 N–H and O–H groups in total. The van der Waals surface area contributed by atoms with E-state index < -0.39 is 0 Å². The Balaban J connectivity index is 0.00000256. The molecule has 1 fully saturated rings. The second-order valence-corrected chi connectivity index (χ2v) is 7.67. The van der Waals surface area contributed by atoms with Crippen molar-refractivity contribution in [3.63, 3.8) is 0 Å². The third-order valence-corrected chi connectivity index (χ3v) is 5.96. The number of nitrogens with zero attached hydrogens (tertiary/aromatic N) is 1. The Kier molecular flexibility index (Phi) is 7.82. The first-order valence-corrected chi connectivity index (χ1v) is 10.2. The molecular formula is C23H30IN3O3. The van der Waals surface area contributed by atoms with Crippen LogP contribution >= 0.6 is 24.0 Å². The van der Waals surface area contributed by atoms with Crippen molar-refractivity contribution in [3.05, 3.63) is 59.2 Å². The average Bonchev–Trinajstić information content (AvgIpc) is 3.23. The van der Waals surface area contributed by atoms with Crippen molar-refractivity contribution in [2.75, 3.05) is 33.6 Å². The number of hydrogen-bond acceptors (Lipinski definition) is 4. The predicted molar refractivity (Wildman–Crippen MR) is 129 cm³/mol. The molecule has 0 radical (unpaired) electrons. The lowest BCUT2D eigenvalue weighted by Gasteiger charge is -2.38. The third kappa shape index (κ3) is 5.00. The Morgan fingerprint density at radius 3 is 2.57 bits per heavy atom. The molecule has 7 heteroatoms. The summed E-state index contributed by atoms with van der Waals surface area (Å²) in [6.07, 6.45) is 1.91. The van der Waals surface area contributed by atoms with E-state index >= 15 is 0 Å². The van der Waals surface area contributed by atoms with Crippen LogP contribution in [-0.4, -0.2) is 39.6 Å². The number of ether oxygens (including phenoxy) is 3. The summed E-state index contributed by atoms with van der Waals surface area (Å²) in [5, 5.41) is 6.99. The van der Waals surface area contributed by atoms with E-state index in [0.717, 1.165) is 56.6 Å². The van der Waals surface area contributed by atoms with Gasteiger partial charge in [0.1, 0.15) is 0 Å². The van der Waals surface area contributed by atoms with Crippen molar-refractivity contribution in [2.45, 2.75) is 31.7 Å². The summed E-state index contributed by atoms with van der Waals surface area (Å²) in [5.74, 6) is 2.45. The molecule has 2 aromatic rings. The van der Waals surface area contributed by atoms with Gasteiger partial charge in [0.15, 0.2) is 17.5 Å². The summed E-state index contributed by atoms with van der Waals surface area (Å²) in [6.45, 7) is 5.46. The van der Waals surface area contributed by atoms with Crippen LogP contribution in [0.2, 0.25) is 0 Å². The van der Waals surface area contributed by atoms with Crippen LogP contribution in [0, 0.1) is 6.92 Å². The van der Waals surface area contributed by atoms with Gasteiger partial charge in [0.2, 0.25) is 6.79 Å². The van der Waals surface area contributed by atoms with Gasteiger partial charge in [-0.3, -0.25) is 4.99 Å². The SMILES string of the molecule is CN=C(NCc1ccccc1C)NCC1(c2ccc3c(c2)OCO3)CCOCC1.I. The number of benzene rings is 2. The van der Waals surface area contributed by atoms with Crippen molar-refractivity contribution in [3.8, 4) is 11.5 Å². The maximum atomic E-state index is 5.66. The molecule has 0 bridgehead atoms. The summed E-state index contributed by atoms with van der Waals surface area (Å²) in [7, 11) is 1.81. The molecule has 2 aliphatic rings. The molecule has 2 aromatic carbocycles. The molecule has 0 spiro atoms. The predicted octanol–water partition coefficient (Wildman–Crippen LogP) is 3.76. The topological polar surface area (TPSA) is 64.1 Å². The zero-order valence-corrected chi connectivity index (χ0v) is 19.9. The van der Waals surface area contributed by atoms with Gasteiger partial charge in [0.25, 0.3) is 0 Å². The van der Waals surface area contributed by atoms with E-state index in [2.05, 4.69) is 58.9 Å². The quantitative estimate of drug-likeness (QED) is 0.355. The monoisotopic (exact) mass is 523 g/mol. The highest BCUT2D eigenvalue weighted by molar-refractivity contribution is 14.0. The van der Waals surface area contributed by atoms with Gasteiger partial charge >= 0.3 is 0 Å². The van der Waals surface area contributed by atoms with Crippen molar-refractivity contribution in [1.82, 2.24) is 10.6 Å². The number of aryl methyl sites for hydroxylation is 1. The molecule has 1 saturated heterocycles. The van der Waals surface area contributed by atoms with E-state index in [1.165, 1.54) is 16.7 Å². The van der Waals surface area contributed by atoms with Gasteiger partial charge in [0, 0.05) is 38.8 Å². The van der Waals surface area contributed by atoms with Gasteiger partial charge in [-0.1, -0.05) is 30.3 Å². The van der Waals surface area contributed by atoms with Crippen LogP contribution in [-0.2, 0) is 16.7 Å². The molecule has 0 amide bonds. The first-order chi connectivity index (χ1) is 14.2. The number of aliphatic imine (C=N–C) groups is 1. The molecule has 0 saturated carbocycles. The molecule has 4 rings (SSSR count). The van der Waals surface area contributed by atoms with Crippen molar-refractivity contribution in [1.29, 1.82) is 0 Å². The van der Waals surface area contributed by atoms with E-state index in [-0.39, 0.29) is 29.4 Å². The second-order valence-electron chi connectivity index (χ2n) is 7.67.